The molecule has 0 radical (unpaired) electrons. The molecule has 7 nitrogen and oxygen atoms in total. The number of aryl methyl sites for hydroxylation is 2. The molecule has 2 rings (SSSR count). The van der Waals surface area contributed by atoms with Crippen LogP contribution < -0.4 is 5.32 Å². The second-order valence-electron chi connectivity index (χ2n) is 6.49. The molecular formula is C17H24N2O5S. The van der Waals surface area contributed by atoms with Crippen LogP contribution in [0.5, 0.6) is 0 Å². The van der Waals surface area contributed by atoms with Crippen molar-refractivity contribution in [1.29, 1.82) is 0 Å². The van der Waals surface area contributed by atoms with Crippen LogP contribution in [0.25, 0.3) is 0 Å². The summed E-state index contributed by atoms with van der Waals surface area (Å²) in [6.45, 7) is 5.69. The number of carboxylic acids is 1. The van der Waals surface area contributed by atoms with Gasteiger partial charge >= 0.3 is 5.97 Å². The number of nitrogens with zero attached hydrogens (tertiary/aromatic N) is 1. The van der Waals surface area contributed by atoms with E-state index in [1.165, 1.54) is 11.2 Å². The Labute approximate surface area is 148 Å². The number of rotatable bonds is 5. The van der Waals surface area contributed by atoms with Crippen molar-refractivity contribution in [2.45, 2.75) is 44.6 Å². The first-order valence-corrected chi connectivity index (χ1v) is 9.67. The Morgan fingerprint density at radius 3 is 2.32 bits per heavy atom. The average molecular weight is 368 g/mol. The Balaban J connectivity index is 2.02. The highest BCUT2D eigenvalue weighted by atomic mass is 32.2. The van der Waals surface area contributed by atoms with E-state index in [2.05, 4.69) is 5.32 Å². The maximum absolute atomic E-state index is 12.7. The molecule has 1 atom stereocenters. The lowest BCUT2D eigenvalue weighted by molar-refractivity contribution is -0.142. The molecule has 0 bridgehead atoms. The number of amides is 1. The van der Waals surface area contributed by atoms with Gasteiger partial charge in [0.1, 0.15) is 6.04 Å². The van der Waals surface area contributed by atoms with E-state index in [-0.39, 0.29) is 29.8 Å². The smallest absolute Gasteiger partial charge is 0.325 e. The highest BCUT2D eigenvalue weighted by molar-refractivity contribution is 7.89. The van der Waals surface area contributed by atoms with Crippen LogP contribution in [0.15, 0.2) is 23.1 Å². The molecule has 1 amide bonds. The topological polar surface area (TPSA) is 104 Å². The fraction of sp³-hybridized carbons (Fsp3) is 0.529. The summed E-state index contributed by atoms with van der Waals surface area (Å²) in [5.74, 6) is -1.80. The number of carbonyl (C=O) groups is 2. The zero-order valence-corrected chi connectivity index (χ0v) is 15.5. The van der Waals surface area contributed by atoms with Gasteiger partial charge in [0.25, 0.3) is 0 Å². The van der Waals surface area contributed by atoms with Gasteiger partial charge in [0, 0.05) is 19.0 Å². The Bertz CT molecular complexity index is 767. The number of aliphatic carboxylic acids is 1. The molecule has 1 fully saturated rings. The third-order valence-electron chi connectivity index (χ3n) is 4.67. The van der Waals surface area contributed by atoms with Crippen molar-refractivity contribution in [3.05, 3.63) is 29.3 Å². The van der Waals surface area contributed by atoms with Gasteiger partial charge in [-0.3, -0.25) is 9.59 Å². The van der Waals surface area contributed by atoms with Crippen molar-refractivity contribution >= 4 is 21.9 Å². The molecule has 1 aliphatic rings. The van der Waals surface area contributed by atoms with Crippen molar-refractivity contribution in [3.63, 3.8) is 0 Å². The molecule has 1 saturated heterocycles. The lowest BCUT2D eigenvalue weighted by Crippen LogP contribution is -2.46. The van der Waals surface area contributed by atoms with Crippen molar-refractivity contribution < 1.29 is 23.1 Å². The van der Waals surface area contributed by atoms with E-state index in [1.54, 1.807) is 18.2 Å². The van der Waals surface area contributed by atoms with Crippen LogP contribution in [0.3, 0.4) is 0 Å². The van der Waals surface area contributed by atoms with Crippen molar-refractivity contribution in [3.8, 4) is 0 Å². The van der Waals surface area contributed by atoms with E-state index in [1.807, 2.05) is 13.8 Å². The SMILES string of the molecule is Cc1ccc(S(=O)(=O)N2CCC(C(=O)N[C@@H](C)C(=O)O)CC2)cc1C. The fourth-order valence-electron chi connectivity index (χ4n) is 2.77. The van der Waals surface area contributed by atoms with Gasteiger partial charge < -0.3 is 10.4 Å². The Morgan fingerprint density at radius 1 is 1.20 bits per heavy atom. The van der Waals surface area contributed by atoms with Gasteiger partial charge in [-0.05, 0) is 56.9 Å². The first-order valence-electron chi connectivity index (χ1n) is 8.23. The van der Waals surface area contributed by atoms with E-state index in [0.29, 0.717) is 12.8 Å². The van der Waals surface area contributed by atoms with E-state index in [4.69, 9.17) is 5.11 Å². The van der Waals surface area contributed by atoms with Crippen LogP contribution in [-0.4, -0.2) is 48.8 Å². The maximum Gasteiger partial charge on any atom is 0.325 e. The normalized spacial score (nSPS) is 17.9. The van der Waals surface area contributed by atoms with Gasteiger partial charge in [-0.1, -0.05) is 6.07 Å². The molecule has 0 unspecified atom stereocenters. The summed E-state index contributed by atoms with van der Waals surface area (Å²) in [5.41, 5.74) is 1.94. The highest BCUT2D eigenvalue weighted by Gasteiger charge is 2.33. The summed E-state index contributed by atoms with van der Waals surface area (Å²) in [4.78, 5) is 23.1. The molecule has 0 spiro atoms. The second-order valence-corrected chi connectivity index (χ2v) is 8.43. The number of sulfonamides is 1. The summed E-state index contributed by atoms with van der Waals surface area (Å²) >= 11 is 0. The minimum Gasteiger partial charge on any atom is -0.480 e. The number of nitrogens with one attached hydrogen (secondary N) is 1. The number of hydrogen-bond acceptors (Lipinski definition) is 4. The monoisotopic (exact) mass is 368 g/mol. The third kappa shape index (κ3) is 4.38. The molecule has 8 heteroatoms. The summed E-state index contributed by atoms with van der Waals surface area (Å²) in [7, 11) is -3.58. The Hall–Kier alpha value is -1.93. The molecule has 0 aliphatic carbocycles. The molecular weight excluding hydrogens is 344 g/mol. The van der Waals surface area contributed by atoms with Gasteiger partial charge in [0.05, 0.1) is 4.90 Å². The van der Waals surface area contributed by atoms with E-state index < -0.39 is 22.0 Å². The van der Waals surface area contributed by atoms with Gasteiger partial charge in [-0.2, -0.15) is 4.31 Å². The van der Waals surface area contributed by atoms with Crippen molar-refractivity contribution in [1.82, 2.24) is 9.62 Å². The summed E-state index contributed by atoms with van der Waals surface area (Å²) < 4.78 is 26.9. The van der Waals surface area contributed by atoms with E-state index >= 15 is 0 Å². The number of hydrogen-bond donors (Lipinski definition) is 2. The zero-order valence-electron chi connectivity index (χ0n) is 14.7. The summed E-state index contributed by atoms with van der Waals surface area (Å²) in [6, 6.07) is 4.10. The minimum absolute atomic E-state index is 0.245. The predicted molar refractivity (Wildman–Crippen MR) is 92.6 cm³/mol. The first kappa shape index (κ1) is 19.4. The van der Waals surface area contributed by atoms with E-state index in [0.717, 1.165) is 11.1 Å². The van der Waals surface area contributed by atoms with Gasteiger partial charge in [0.2, 0.25) is 15.9 Å². The molecule has 1 aliphatic heterocycles. The molecule has 138 valence electrons. The van der Waals surface area contributed by atoms with Gasteiger partial charge in [-0.15, -0.1) is 0 Å². The minimum atomic E-state index is -3.58. The van der Waals surface area contributed by atoms with Crippen LogP contribution in [0.4, 0.5) is 0 Å². The molecule has 1 aromatic rings. The van der Waals surface area contributed by atoms with Crippen LogP contribution in [0, 0.1) is 19.8 Å². The quantitative estimate of drug-likeness (QED) is 0.815. The first-order chi connectivity index (χ1) is 11.6. The van der Waals surface area contributed by atoms with Crippen LogP contribution in [0.1, 0.15) is 30.9 Å². The lowest BCUT2D eigenvalue weighted by Gasteiger charge is -2.31. The second kappa shape index (κ2) is 7.53. The number of piperidine rings is 1. The summed E-state index contributed by atoms with van der Waals surface area (Å²) in [5, 5.41) is 11.3. The Kier molecular flexibility index (Phi) is 5.84. The van der Waals surface area contributed by atoms with Gasteiger partial charge in [0.15, 0.2) is 0 Å². The third-order valence-corrected chi connectivity index (χ3v) is 6.56. The predicted octanol–water partition coefficient (Wildman–Crippen LogP) is 1.29. The van der Waals surface area contributed by atoms with Crippen molar-refractivity contribution in [2.75, 3.05) is 13.1 Å². The Morgan fingerprint density at radius 2 is 1.80 bits per heavy atom. The van der Waals surface area contributed by atoms with Crippen LogP contribution in [-0.2, 0) is 19.6 Å². The van der Waals surface area contributed by atoms with Crippen LogP contribution in [0.2, 0.25) is 0 Å². The molecule has 25 heavy (non-hydrogen) atoms. The maximum atomic E-state index is 12.7. The number of carbonyl (C=O) groups excluding carboxylic acids is 1. The lowest BCUT2D eigenvalue weighted by atomic mass is 9.97. The number of benzene rings is 1. The van der Waals surface area contributed by atoms with E-state index in [9.17, 15) is 18.0 Å². The number of carboxylic acid groups (broad SMARTS) is 1. The average Bonchev–Trinajstić information content (AvgIpc) is 2.57. The largest absolute Gasteiger partial charge is 0.480 e. The van der Waals surface area contributed by atoms with Gasteiger partial charge in [-0.25, -0.2) is 8.42 Å². The molecule has 2 N–H and O–H groups in total. The fourth-order valence-corrected chi connectivity index (χ4v) is 4.33. The molecule has 0 saturated carbocycles. The molecule has 1 heterocycles. The zero-order chi connectivity index (χ0) is 18.8. The van der Waals surface area contributed by atoms with Crippen LogP contribution >= 0.6 is 0 Å². The molecule has 1 aromatic carbocycles. The highest BCUT2D eigenvalue weighted by Crippen LogP contribution is 2.25. The molecule has 0 aromatic heterocycles. The standard InChI is InChI=1S/C17H24N2O5S/c1-11-4-5-15(10-12(11)2)25(23,24)19-8-6-14(7-9-19)16(20)18-13(3)17(21)22/h4-5,10,13-14H,6-9H2,1-3H3,(H,18,20)(H,21,22)/t13-/m0/s1. The summed E-state index contributed by atoms with van der Waals surface area (Å²) in [6.07, 6.45) is 0.754. The van der Waals surface area contributed by atoms with Crippen molar-refractivity contribution in [2.24, 2.45) is 5.92 Å².